The van der Waals surface area contributed by atoms with Gasteiger partial charge in [0.2, 0.25) is 0 Å². The molecule has 140 valence electrons. The largest absolute Gasteiger partial charge is 0.497 e. The number of ether oxygens (including phenoxy) is 3. The van der Waals surface area contributed by atoms with Crippen molar-refractivity contribution >= 4 is 22.9 Å². The summed E-state index contributed by atoms with van der Waals surface area (Å²) in [5.41, 5.74) is 0.967. The van der Waals surface area contributed by atoms with Crippen LogP contribution in [0.2, 0.25) is 0 Å². The fourth-order valence-corrected chi connectivity index (χ4v) is 3.87. The average Bonchev–Trinajstić information content (AvgIpc) is 3.17. The van der Waals surface area contributed by atoms with E-state index in [1.807, 2.05) is 28.5 Å². The molecule has 7 heteroatoms. The third-order valence-corrected chi connectivity index (χ3v) is 5.42. The van der Waals surface area contributed by atoms with Crippen molar-refractivity contribution in [1.82, 2.24) is 4.90 Å². The summed E-state index contributed by atoms with van der Waals surface area (Å²) >= 11 is 1.43. The highest BCUT2D eigenvalue weighted by molar-refractivity contribution is 7.12. The SMILES string of the molecule is COc1cc(NC2CCN(C(=O)c3cc(OC)cs3)CC2)cc(OC)c1. The molecule has 0 radical (unpaired) electrons. The van der Waals surface area contributed by atoms with Gasteiger partial charge in [0.05, 0.1) is 26.2 Å². The van der Waals surface area contributed by atoms with Crippen LogP contribution < -0.4 is 19.5 Å². The Hall–Kier alpha value is -2.41. The van der Waals surface area contributed by atoms with Crippen molar-refractivity contribution in [2.24, 2.45) is 0 Å². The van der Waals surface area contributed by atoms with Crippen LogP contribution in [0.15, 0.2) is 29.6 Å². The van der Waals surface area contributed by atoms with Gasteiger partial charge in [0.15, 0.2) is 0 Å². The summed E-state index contributed by atoms with van der Waals surface area (Å²) in [5.74, 6) is 2.33. The van der Waals surface area contributed by atoms with Crippen molar-refractivity contribution in [1.29, 1.82) is 0 Å². The van der Waals surface area contributed by atoms with Gasteiger partial charge in [-0.3, -0.25) is 4.79 Å². The lowest BCUT2D eigenvalue weighted by molar-refractivity contribution is 0.0723. The van der Waals surface area contributed by atoms with Gasteiger partial charge in [-0.15, -0.1) is 11.3 Å². The standard InChI is InChI=1S/C19H24N2O4S/c1-23-15-8-14(9-16(10-15)24-2)20-13-4-6-21(7-5-13)19(22)18-11-17(25-3)12-26-18/h8-13,20H,4-7H2,1-3H3. The number of nitrogens with zero attached hydrogens (tertiary/aromatic N) is 1. The highest BCUT2D eigenvalue weighted by Gasteiger charge is 2.24. The van der Waals surface area contributed by atoms with Crippen molar-refractivity contribution < 1.29 is 19.0 Å². The number of likely N-dealkylation sites (tertiary alicyclic amines) is 1. The molecule has 1 saturated heterocycles. The number of nitrogens with one attached hydrogen (secondary N) is 1. The zero-order valence-electron chi connectivity index (χ0n) is 15.3. The molecule has 1 fully saturated rings. The molecule has 6 nitrogen and oxygen atoms in total. The Morgan fingerprint density at radius 3 is 2.15 bits per heavy atom. The fourth-order valence-electron chi connectivity index (χ4n) is 3.05. The average molecular weight is 376 g/mol. The molecule has 0 spiro atoms. The fraction of sp³-hybridized carbons (Fsp3) is 0.421. The molecular weight excluding hydrogens is 352 g/mol. The van der Waals surface area contributed by atoms with Gasteiger partial charge in [0, 0.05) is 54.5 Å². The lowest BCUT2D eigenvalue weighted by Crippen LogP contribution is -2.42. The predicted molar refractivity (Wildman–Crippen MR) is 103 cm³/mol. The van der Waals surface area contributed by atoms with Gasteiger partial charge in [0.1, 0.15) is 17.2 Å². The number of benzene rings is 1. The lowest BCUT2D eigenvalue weighted by Gasteiger charge is -2.32. The minimum atomic E-state index is 0.0831. The predicted octanol–water partition coefficient (Wildman–Crippen LogP) is 3.49. The van der Waals surface area contributed by atoms with Gasteiger partial charge < -0.3 is 24.4 Å². The molecule has 1 amide bonds. The Balaban J connectivity index is 1.57. The van der Waals surface area contributed by atoms with E-state index in [1.165, 1.54) is 11.3 Å². The van der Waals surface area contributed by atoms with E-state index in [1.54, 1.807) is 27.4 Å². The van der Waals surface area contributed by atoms with Crippen LogP contribution in [0.3, 0.4) is 0 Å². The first-order chi connectivity index (χ1) is 12.6. The van der Waals surface area contributed by atoms with Crippen LogP contribution in [0.1, 0.15) is 22.5 Å². The second-order valence-corrected chi connectivity index (χ2v) is 7.07. The Morgan fingerprint density at radius 1 is 1.00 bits per heavy atom. The molecule has 0 unspecified atom stereocenters. The molecule has 3 rings (SSSR count). The Bertz CT molecular complexity index is 731. The molecule has 1 aliphatic rings. The Morgan fingerprint density at radius 2 is 1.62 bits per heavy atom. The monoisotopic (exact) mass is 376 g/mol. The highest BCUT2D eigenvalue weighted by Crippen LogP contribution is 2.28. The number of carbonyl (C=O) groups excluding carboxylic acids is 1. The van der Waals surface area contributed by atoms with Gasteiger partial charge in [0.25, 0.3) is 5.91 Å². The van der Waals surface area contributed by atoms with Crippen molar-refractivity contribution in [2.45, 2.75) is 18.9 Å². The number of methoxy groups -OCH3 is 3. The summed E-state index contributed by atoms with van der Waals surface area (Å²) in [4.78, 5) is 15.2. The number of carbonyl (C=O) groups is 1. The Labute approximate surface area is 157 Å². The molecule has 1 aromatic heterocycles. The van der Waals surface area contributed by atoms with Crippen LogP contribution in [0.5, 0.6) is 17.2 Å². The normalized spacial score (nSPS) is 14.8. The van der Waals surface area contributed by atoms with Crippen LogP contribution in [-0.4, -0.2) is 51.3 Å². The highest BCUT2D eigenvalue weighted by atomic mass is 32.1. The minimum absolute atomic E-state index is 0.0831. The second kappa shape index (κ2) is 8.31. The van der Waals surface area contributed by atoms with E-state index in [0.29, 0.717) is 6.04 Å². The number of anilines is 1. The van der Waals surface area contributed by atoms with Gasteiger partial charge >= 0.3 is 0 Å². The van der Waals surface area contributed by atoms with Crippen molar-refractivity contribution in [3.8, 4) is 17.2 Å². The van der Waals surface area contributed by atoms with E-state index in [9.17, 15) is 4.79 Å². The number of rotatable bonds is 6. The summed E-state index contributed by atoms with van der Waals surface area (Å²) in [6.07, 6.45) is 1.79. The van der Waals surface area contributed by atoms with Crippen LogP contribution in [0.4, 0.5) is 5.69 Å². The van der Waals surface area contributed by atoms with Gasteiger partial charge in [-0.2, -0.15) is 0 Å². The number of hydrogen-bond donors (Lipinski definition) is 1. The zero-order chi connectivity index (χ0) is 18.5. The summed E-state index contributed by atoms with van der Waals surface area (Å²) in [5, 5.41) is 5.39. The first-order valence-electron chi connectivity index (χ1n) is 8.54. The molecule has 0 bridgehead atoms. The topological polar surface area (TPSA) is 60.0 Å². The van der Waals surface area contributed by atoms with Crippen molar-refractivity contribution in [2.75, 3.05) is 39.7 Å². The second-order valence-electron chi connectivity index (χ2n) is 6.16. The maximum absolute atomic E-state index is 12.6. The van der Waals surface area contributed by atoms with Crippen molar-refractivity contribution in [3.05, 3.63) is 34.5 Å². The third-order valence-electron chi connectivity index (χ3n) is 4.53. The number of hydrogen-bond acceptors (Lipinski definition) is 6. The molecular formula is C19H24N2O4S. The zero-order valence-corrected chi connectivity index (χ0v) is 16.1. The molecule has 1 aromatic carbocycles. The van der Waals surface area contributed by atoms with E-state index >= 15 is 0 Å². The summed E-state index contributed by atoms with van der Waals surface area (Å²) in [6, 6.07) is 7.88. The smallest absolute Gasteiger partial charge is 0.264 e. The number of piperidine rings is 1. The first-order valence-corrected chi connectivity index (χ1v) is 9.42. The Kier molecular flexibility index (Phi) is 5.88. The molecule has 1 aliphatic heterocycles. The third kappa shape index (κ3) is 4.22. The summed E-state index contributed by atoms with van der Waals surface area (Å²) in [7, 11) is 4.89. The van der Waals surface area contributed by atoms with Crippen molar-refractivity contribution in [3.63, 3.8) is 0 Å². The molecule has 0 saturated carbocycles. The van der Waals surface area contributed by atoms with Crippen LogP contribution in [0.25, 0.3) is 0 Å². The first kappa shape index (κ1) is 18.4. The summed E-state index contributed by atoms with van der Waals surface area (Å²) in [6.45, 7) is 1.47. The van der Waals surface area contributed by atoms with E-state index in [0.717, 1.165) is 53.7 Å². The lowest BCUT2D eigenvalue weighted by atomic mass is 10.0. The van der Waals surface area contributed by atoms with E-state index in [-0.39, 0.29) is 5.91 Å². The maximum Gasteiger partial charge on any atom is 0.264 e. The van der Waals surface area contributed by atoms with E-state index < -0.39 is 0 Å². The number of thiophene rings is 1. The molecule has 1 N–H and O–H groups in total. The van der Waals surface area contributed by atoms with Crippen LogP contribution >= 0.6 is 11.3 Å². The van der Waals surface area contributed by atoms with E-state index in [4.69, 9.17) is 14.2 Å². The molecule has 2 heterocycles. The summed E-state index contributed by atoms with van der Waals surface area (Å²) < 4.78 is 15.8. The molecule has 0 atom stereocenters. The number of amides is 1. The molecule has 26 heavy (non-hydrogen) atoms. The van der Waals surface area contributed by atoms with Gasteiger partial charge in [-0.25, -0.2) is 0 Å². The minimum Gasteiger partial charge on any atom is -0.497 e. The molecule has 0 aliphatic carbocycles. The molecule has 2 aromatic rings. The quantitative estimate of drug-likeness (QED) is 0.836. The van der Waals surface area contributed by atoms with Gasteiger partial charge in [-0.05, 0) is 12.8 Å². The van der Waals surface area contributed by atoms with E-state index in [2.05, 4.69) is 5.32 Å². The van der Waals surface area contributed by atoms with Crippen LogP contribution in [-0.2, 0) is 0 Å². The maximum atomic E-state index is 12.6. The van der Waals surface area contributed by atoms with Crippen LogP contribution in [0, 0.1) is 0 Å². The van der Waals surface area contributed by atoms with Gasteiger partial charge in [-0.1, -0.05) is 0 Å².